The molecule has 1 aromatic carbocycles. The van der Waals surface area contributed by atoms with Gasteiger partial charge in [-0.1, -0.05) is 6.07 Å². The first kappa shape index (κ1) is 19.0. The van der Waals surface area contributed by atoms with Gasteiger partial charge < -0.3 is 19.5 Å². The monoisotopic (exact) mass is 370 g/mol. The highest BCUT2D eigenvalue weighted by Crippen LogP contribution is 2.26. The summed E-state index contributed by atoms with van der Waals surface area (Å²) in [5.41, 5.74) is 1.63. The van der Waals surface area contributed by atoms with Crippen LogP contribution in [0.5, 0.6) is 17.4 Å². The average molecular weight is 370 g/mol. The molecule has 27 heavy (non-hydrogen) atoms. The topological polar surface area (TPSA) is 69.7 Å². The molecule has 1 aliphatic rings. The number of pyridine rings is 1. The van der Waals surface area contributed by atoms with E-state index in [-0.39, 0.29) is 18.1 Å². The van der Waals surface area contributed by atoms with E-state index in [1.807, 2.05) is 25.3 Å². The summed E-state index contributed by atoms with van der Waals surface area (Å²) in [6, 6.07) is 9.24. The lowest BCUT2D eigenvalue weighted by atomic mass is 9.92. The van der Waals surface area contributed by atoms with Crippen LogP contribution in [-0.2, 0) is 0 Å². The van der Waals surface area contributed by atoms with Gasteiger partial charge in [-0.05, 0) is 50.3 Å². The number of rotatable bonds is 6. The predicted molar refractivity (Wildman–Crippen MR) is 103 cm³/mol. The van der Waals surface area contributed by atoms with Crippen molar-refractivity contribution in [2.24, 2.45) is 0 Å². The third-order valence-electron chi connectivity index (χ3n) is 4.83. The lowest BCUT2D eigenvalue weighted by Crippen LogP contribution is -2.39. The number of nitrogens with one attached hydrogen (secondary N) is 1. The molecule has 0 saturated heterocycles. The maximum Gasteiger partial charge on any atom is 0.255 e. The summed E-state index contributed by atoms with van der Waals surface area (Å²) in [5, 5.41) is 3.11. The predicted octanol–water partition coefficient (Wildman–Crippen LogP) is 3.53. The zero-order valence-corrected chi connectivity index (χ0v) is 16.0. The van der Waals surface area contributed by atoms with Crippen molar-refractivity contribution in [3.8, 4) is 17.4 Å². The summed E-state index contributed by atoms with van der Waals surface area (Å²) in [5.74, 6) is 1.70. The van der Waals surface area contributed by atoms with E-state index in [2.05, 4.69) is 10.3 Å². The van der Waals surface area contributed by atoms with E-state index in [1.165, 1.54) is 0 Å². The number of aryl methyl sites for hydroxylation is 1. The van der Waals surface area contributed by atoms with Crippen molar-refractivity contribution in [3.05, 3.63) is 47.7 Å². The van der Waals surface area contributed by atoms with Gasteiger partial charge in [0.1, 0.15) is 17.6 Å². The summed E-state index contributed by atoms with van der Waals surface area (Å²) >= 11 is 0. The highest BCUT2D eigenvalue weighted by atomic mass is 16.5. The smallest absolute Gasteiger partial charge is 0.255 e. The number of benzene rings is 1. The maximum absolute atomic E-state index is 12.6. The van der Waals surface area contributed by atoms with Crippen molar-refractivity contribution in [2.75, 3.05) is 14.2 Å². The minimum absolute atomic E-state index is 0.126. The van der Waals surface area contributed by atoms with Crippen molar-refractivity contribution >= 4 is 5.91 Å². The Bertz CT molecular complexity index is 768. The highest BCUT2D eigenvalue weighted by molar-refractivity contribution is 5.97. The maximum atomic E-state index is 12.6. The molecule has 3 rings (SSSR count). The summed E-state index contributed by atoms with van der Waals surface area (Å²) in [7, 11) is 3.13. The number of amides is 1. The number of hydrogen-bond donors (Lipinski definition) is 1. The standard InChI is InChI=1S/C21H26N2O4/c1-14-4-11-20(22-13-14)27-16-7-5-15(6-8-16)23-21(24)18-10-9-17(25-2)12-19(18)26-3/h4,9-13,15-16H,5-8H2,1-3H3,(H,23,24). The number of ether oxygens (including phenoxy) is 3. The lowest BCUT2D eigenvalue weighted by Gasteiger charge is -2.29. The molecule has 0 spiro atoms. The first-order valence-corrected chi connectivity index (χ1v) is 9.21. The number of methoxy groups -OCH3 is 2. The Kier molecular flexibility index (Phi) is 6.16. The second-order valence-corrected chi connectivity index (χ2v) is 6.80. The molecule has 1 amide bonds. The molecule has 1 heterocycles. The quantitative estimate of drug-likeness (QED) is 0.842. The van der Waals surface area contributed by atoms with E-state index < -0.39 is 0 Å². The largest absolute Gasteiger partial charge is 0.497 e. The molecule has 0 radical (unpaired) electrons. The van der Waals surface area contributed by atoms with Crippen molar-refractivity contribution in [1.29, 1.82) is 0 Å². The molecule has 2 aromatic rings. The van der Waals surface area contributed by atoms with Gasteiger partial charge in [-0.15, -0.1) is 0 Å². The van der Waals surface area contributed by atoms with E-state index in [9.17, 15) is 4.79 Å². The zero-order valence-electron chi connectivity index (χ0n) is 16.0. The number of aromatic nitrogens is 1. The highest BCUT2D eigenvalue weighted by Gasteiger charge is 2.25. The van der Waals surface area contributed by atoms with Gasteiger partial charge in [-0.25, -0.2) is 4.98 Å². The number of hydrogen-bond acceptors (Lipinski definition) is 5. The van der Waals surface area contributed by atoms with Gasteiger partial charge >= 0.3 is 0 Å². The van der Waals surface area contributed by atoms with Gasteiger partial charge in [0.05, 0.1) is 19.8 Å². The first-order valence-electron chi connectivity index (χ1n) is 9.21. The Hall–Kier alpha value is -2.76. The molecular formula is C21H26N2O4. The molecule has 6 heteroatoms. The first-order chi connectivity index (χ1) is 13.1. The molecule has 1 saturated carbocycles. The van der Waals surface area contributed by atoms with E-state index in [0.717, 1.165) is 31.2 Å². The van der Waals surface area contributed by atoms with Crippen LogP contribution in [0.2, 0.25) is 0 Å². The molecule has 144 valence electrons. The lowest BCUT2D eigenvalue weighted by molar-refractivity contribution is 0.0887. The zero-order chi connectivity index (χ0) is 19.2. The van der Waals surface area contributed by atoms with Crippen LogP contribution in [-0.4, -0.2) is 37.3 Å². The fourth-order valence-electron chi connectivity index (χ4n) is 3.27. The SMILES string of the molecule is COc1ccc(C(=O)NC2CCC(Oc3ccc(C)cn3)CC2)c(OC)c1. The third-order valence-corrected chi connectivity index (χ3v) is 4.83. The van der Waals surface area contributed by atoms with Crippen molar-refractivity contribution in [3.63, 3.8) is 0 Å². The van der Waals surface area contributed by atoms with Crippen LogP contribution in [0.3, 0.4) is 0 Å². The molecule has 0 unspecified atom stereocenters. The van der Waals surface area contributed by atoms with E-state index in [1.54, 1.807) is 32.4 Å². The molecule has 1 aliphatic carbocycles. The Morgan fingerprint density at radius 1 is 1.07 bits per heavy atom. The van der Waals surface area contributed by atoms with E-state index in [4.69, 9.17) is 14.2 Å². The van der Waals surface area contributed by atoms with Crippen LogP contribution in [0, 0.1) is 6.92 Å². The van der Waals surface area contributed by atoms with Crippen LogP contribution in [0.15, 0.2) is 36.5 Å². The van der Waals surface area contributed by atoms with Crippen LogP contribution >= 0.6 is 0 Å². The third kappa shape index (κ3) is 4.90. The summed E-state index contributed by atoms with van der Waals surface area (Å²) in [6.07, 6.45) is 5.48. The van der Waals surface area contributed by atoms with Gasteiger partial charge in [0.2, 0.25) is 5.88 Å². The molecule has 0 bridgehead atoms. The van der Waals surface area contributed by atoms with Crippen LogP contribution in [0.1, 0.15) is 41.6 Å². The van der Waals surface area contributed by atoms with Gasteiger partial charge in [-0.3, -0.25) is 4.79 Å². The summed E-state index contributed by atoms with van der Waals surface area (Å²) in [6.45, 7) is 2.00. The molecule has 1 fully saturated rings. The van der Waals surface area contributed by atoms with Crippen molar-refractivity contribution in [1.82, 2.24) is 10.3 Å². The van der Waals surface area contributed by atoms with Gasteiger partial charge in [0.15, 0.2) is 0 Å². The molecular weight excluding hydrogens is 344 g/mol. The van der Waals surface area contributed by atoms with Gasteiger partial charge in [-0.2, -0.15) is 0 Å². The Labute approximate surface area is 159 Å². The molecule has 6 nitrogen and oxygen atoms in total. The minimum Gasteiger partial charge on any atom is -0.497 e. The molecule has 0 atom stereocenters. The second-order valence-electron chi connectivity index (χ2n) is 6.80. The normalized spacial score (nSPS) is 19.2. The van der Waals surface area contributed by atoms with Gasteiger partial charge in [0, 0.05) is 24.4 Å². The molecule has 1 N–H and O–H groups in total. The van der Waals surface area contributed by atoms with Gasteiger partial charge in [0.25, 0.3) is 5.91 Å². The Morgan fingerprint density at radius 2 is 1.85 bits per heavy atom. The number of carbonyl (C=O) groups excluding carboxylic acids is 1. The minimum atomic E-state index is -0.126. The van der Waals surface area contributed by atoms with Crippen molar-refractivity contribution < 1.29 is 19.0 Å². The van der Waals surface area contributed by atoms with Crippen LogP contribution in [0.25, 0.3) is 0 Å². The summed E-state index contributed by atoms with van der Waals surface area (Å²) < 4.78 is 16.5. The Balaban J connectivity index is 1.53. The second kappa shape index (κ2) is 8.75. The number of carbonyl (C=O) groups is 1. The Morgan fingerprint density at radius 3 is 2.48 bits per heavy atom. The van der Waals surface area contributed by atoms with Crippen LogP contribution in [0.4, 0.5) is 0 Å². The van der Waals surface area contributed by atoms with Crippen LogP contribution < -0.4 is 19.5 Å². The molecule has 0 aliphatic heterocycles. The summed E-state index contributed by atoms with van der Waals surface area (Å²) in [4.78, 5) is 16.9. The average Bonchev–Trinajstić information content (AvgIpc) is 2.70. The fourth-order valence-corrected chi connectivity index (χ4v) is 3.27. The van der Waals surface area contributed by atoms with E-state index in [0.29, 0.717) is 22.9 Å². The number of nitrogens with zero attached hydrogens (tertiary/aromatic N) is 1. The van der Waals surface area contributed by atoms with Crippen molar-refractivity contribution in [2.45, 2.75) is 44.8 Å². The van der Waals surface area contributed by atoms with E-state index >= 15 is 0 Å². The molecule has 1 aromatic heterocycles. The fraction of sp³-hybridized carbons (Fsp3) is 0.429.